The van der Waals surface area contributed by atoms with Gasteiger partial charge in [0.05, 0.1) is 13.7 Å². The zero-order valence-corrected chi connectivity index (χ0v) is 18.6. The van der Waals surface area contributed by atoms with Crippen molar-refractivity contribution in [3.63, 3.8) is 0 Å². The van der Waals surface area contributed by atoms with Crippen molar-refractivity contribution >= 4 is 28.5 Å². The van der Waals surface area contributed by atoms with Crippen molar-refractivity contribution in [1.29, 1.82) is 5.26 Å². The molecule has 8 heteroatoms. The van der Waals surface area contributed by atoms with Crippen LogP contribution in [-0.4, -0.2) is 29.8 Å². The molecule has 30 heavy (non-hydrogen) atoms. The Morgan fingerprint density at radius 1 is 1.20 bits per heavy atom. The number of aromatic nitrogens is 2. The summed E-state index contributed by atoms with van der Waals surface area (Å²) in [6, 6.07) is 7.27. The molecule has 1 N–H and O–H groups in total. The van der Waals surface area contributed by atoms with Crippen LogP contribution in [0.25, 0.3) is 6.08 Å². The molecule has 0 fully saturated rings. The minimum Gasteiger partial charge on any atom is -0.493 e. The highest BCUT2D eigenvalue weighted by Gasteiger charge is 2.13. The Balaban J connectivity index is 2.06. The molecule has 0 saturated carbocycles. The average molecular weight is 429 g/mol. The number of amides is 1. The summed E-state index contributed by atoms with van der Waals surface area (Å²) in [7, 11) is 1.56. The number of nitriles is 1. The first-order valence-corrected chi connectivity index (χ1v) is 11.0. The number of ether oxygens (including phenoxy) is 2. The van der Waals surface area contributed by atoms with E-state index in [1.165, 1.54) is 30.3 Å². The zero-order chi connectivity index (χ0) is 21.8. The molecule has 2 rings (SSSR count). The van der Waals surface area contributed by atoms with Gasteiger partial charge in [0.1, 0.15) is 16.6 Å². The lowest BCUT2D eigenvalue weighted by atomic mass is 10.1. The molecule has 0 bridgehead atoms. The lowest BCUT2D eigenvalue weighted by molar-refractivity contribution is -0.112. The van der Waals surface area contributed by atoms with E-state index in [2.05, 4.69) is 22.4 Å². The molecule has 0 atom stereocenters. The summed E-state index contributed by atoms with van der Waals surface area (Å²) in [5.74, 6) is 0.684. The highest BCUT2D eigenvalue weighted by molar-refractivity contribution is 7.15. The fraction of sp³-hybridized carbons (Fsp3) is 0.455. The van der Waals surface area contributed by atoms with Crippen LogP contribution in [0, 0.1) is 11.3 Å². The SMILES string of the molecule is CCCCCCOc1ccc(/C=C(\C#N)C(=O)Nc2nnc(CCC)s2)cc1OC. The van der Waals surface area contributed by atoms with Gasteiger partial charge in [0, 0.05) is 6.42 Å². The van der Waals surface area contributed by atoms with Gasteiger partial charge in [-0.2, -0.15) is 5.26 Å². The van der Waals surface area contributed by atoms with Gasteiger partial charge in [-0.1, -0.05) is 50.5 Å². The van der Waals surface area contributed by atoms with Crippen molar-refractivity contribution < 1.29 is 14.3 Å². The fourth-order valence-electron chi connectivity index (χ4n) is 2.70. The highest BCUT2D eigenvalue weighted by atomic mass is 32.1. The molecule has 1 aromatic carbocycles. The number of anilines is 1. The van der Waals surface area contributed by atoms with Gasteiger partial charge in [0.15, 0.2) is 11.5 Å². The standard InChI is InChI=1S/C22H28N4O3S/c1-4-6-7-8-12-29-18-11-10-16(14-19(18)28-3)13-17(15-23)21(27)24-22-26-25-20(30-22)9-5-2/h10-11,13-14H,4-9,12H2,1-3H3,(H,24,26,27)/b17-13+. The molecule has 0 aliphatic carbocycles. The van der Waals surface area contributed by atoms with Crippen molar-refractivity contribution in [2.75, 3.05) is 19.0 Å². The Morgan fingerprint density at radius 3 is 2.73 bits per heavy atom. The Bertz CT molecular complexity index is 902. The molecular weight excluding hydrogens is 400 g/mol. The first-order chi connectivity index (χ1) is 14.6. The van der Waals surface area contributed by atoms with Crippen molar-refractivity contribution in [3.05, 3.63) is 34.3 Å². The number of rotatable bonds is 12. The summed E-state index contributed by atoms with van der Waals surface area (Å²) in [6.45, 7) is 4.84. The summed E-state index contributed by atoms with van der Waals surface area (Å²) < 4.78 is 11.2. The summed E-state index contributed by atoms with van der Waals surface area (Å²) >= 11 is 1.31. The second kappa shape index (κ2) is 12.6. The zero-order valence-electron chi connectivity index (χ0n) is 17.7. The molecule has 0 spiro atoms. The van der Waals surface area contributed by atoms with E-state index in [1.54, 1.807) is 25.3 Å². The van der Waals surface area contributed by atoms with E-state index in [9.17, 15) is 10.1 Å². The molecule has 160 valence electrons. The third-order valence-electron chi connectivity index (χ3n) is 4.27. The van der Waals surface area contributed by atoms with Crippen LogP contribution in [0.5, 0.6) is 11.5 Å². The maximum absolute atomic E-state index is 12.4. The first kappa shape index (κ1) is 23.4. The highest BCUT2D eigenvalue weighted by Crippen LogP contribution is 2.29. The summed E-state index contributed by atoms with van der Waals surface area (Å²) in [5, 5.41) is 21.3. The van der Waals surface area contributed by atoms with E-state index >= 15 is 0 Å². The number of carbonyl (C=O) groups is 1. The molecule has 0 unspecified atom stereocenters. The smallest absolute Gasteiger partial charge is 0.268 e. The Morgan fingerprint density at radius 2 is 2.03 bits per heavy atom. The van der Waals surface area contributed by atoms with E-state index in [0.29, 0.717) is 28.8 Å². The lowest BCUT2D eigenvalue weighted by Gasteiger charge is -2.11. The third-order valence-corrected chi connectivity index (χ3v) is 5.17. The number of carbonyl (C=O) groups excluding carboxylic acids is 1. The Labute approximate surface area is 181 Å². The summed E-state index contributed by atoms with van der Waals surface area (Å²) in [5.41, 5.74) is 0.637. The van der Waals surface area contributed by atoms with E-state index in [-0.39, 0.29) is 5.57 Å². The Kier molecular flexibility index (Phi) is 9.81. The van der Waals surface area contributed by atoms with Gasteiger partial charge in [-0.3, -0.25) is 10.1 Å². The monoisotopic (exact) mass is 428 g/mol. The van der Waals surface area contributed by atoms with E-state index in [4.69, 9.17) is 9.47 Å². The van der Waals surface area contributed by atoms with Crippen LogP contribution in [0.4, 0.5) is 5.13 Å². The maximum Gasteiger partial charge on any atom is 0.268 e. The molecule has 1 aromatic heterocycles. The van der Waals surface area contributed by atoms with Crippen LogP contribution in [-0.2, 0) is 11.2 Å². The van der Waals surface area contributed by atoms with Gasteiger partial charge >= 0.3 is 0 Å². The van der Waals surface area contributed by atoms with Gasteiger partial charge in [0.25, 0.3) is 5.91 Å². The summed E-state index contributed by atoms with van der Waals surface area (Å²) in [6.07, 6.45) is 7.76. The van der Waals surface area contributed by atoms with Gasteiger partial charge < -0.3 is 9.47 Å². The van der Waals surface area contributed by atoms with Crippen LogP contribution >= 0.6 is 11.3 Å². The Hall–Kier alpha value is -2.92. The van der Waals surface area contributed by atoms with Gasteiger partial charge in [-0.25, -0.2) is 0 Å². The topological polar surface area (TPSA) is 97.1 Å². The van der Waals surface area contributed by atoms with Gasteiger partial charge in [-0.05, 0) is 36.6 Å². The number of nitrogens with one attached hydrogen (secondary N) is 1. The third kappa shape index (κ3) is 7.16. The van der Waals surface area contributed by atoms with Crippen LogP contribution in [0.1, 0.15) is 56.5 Å². The molecule has 0 radical (unpaired) electrons. The number of methoxy groups -OCH3 is 1. The second-order valence-electron chi connectivity index (χ2n) is 6.69. The molecule has 0 aliphatic heterocycles. The van der Waals surface area contributed by atoms with Gasteiger partial charge in [-0.15, -0.1) is 10.2 Å². The molecule has 1 heterocycles. The second-order valence-corrected chi connectivity index (χ2v) is 7.76. The molecule has 7 nitrogen and oxygen atoms in total. The number of hydrogen-bond donors (Lipinski definition) is 1. The minimum atomic E-state index is -0.521. The van der Waals surface area contributed by atoms with Crippen LogP contribution in [0.2, 0.25) is 0 Å². The van der Waals surface area contributed by atoms with Gasteiger partial charge in [0.2, 0.25) is 5.13 Å². The summed E-state index contributed by atoms with van der Waals surface area (Å²) in [4.78, 5) is 12.4. The molecule has 1 amide bonds. The van der Waals surface area contributed by atoms with E-state index in [0.717, 1.165) is 30.7 Å². The molecule has 0 saturated heterocycles. The number of benzene rings is 1. The van der Waals surface area contributed by atoms with Crippen molar-refractivity contribution in [1.82, 2.24) is 10.2 Å². The normalized spacial score (nSPS) is 11.1. The van der Waals surface area contributed by atoms with E-state index < -0.39 is 5.91 Å². The molecule has 2 aromatic rings. The first-order valence-electron chi connectivity index (χ1n) is 10.2. The number of aryl methyl sites for hydroxylation is 1. The van der Waals surface area contributed by atoms with Crippen molar-refractivity contribution in [2.45, 2.75) is 52.4 Å². The van der Waals surface area contributed by atoms with Crippen LogP contribution in [0.3, 0.4) is 0 Å². The van der Waals surface area contributed by atoms with Crippen molar-refractivity contribution in [3.8, 4) is 17.6 Å². The quantitative estimate of drug-likeness (QED) is 0.290. The average Bonchev–Trinajstić information content (AvgIpc) is 3.19. The fourth-order valence-corrected chi connectivity index (χ4v) is 3.54. The van der Waals surface area contributed by atoms with Crippen LogP contribution < -0.4 is 14.8 Å². The van der Waals surface area contributed by atoms with Crippen molar-refractivity contribution in [2.24, 2.45) is 0 Å². The van der Waals surface area contributed by atoms with E-state index in [1.807, 2.05) is 13.0 Å². The minimum absolute atomic E-state index is 0.0301. The number of unbranched alkanes of at least 4 members (excludes halogenated alkanes) is 3. The van der Waals surface area contributed by atoms with Crippen LogP contribution in [0.15, 0.2) is 23.8 Å². The predicted octanol–water partition coefficient (Wildman–Crippen LogP) is 5.00. The molecular formula is C22H28N4O3S. The molecule has 0 aliphatic rings. The maximum atomic E-state index is 12.4. The number of hydrogen-bond acceptors (Lipinski definition) is 7. The predicted molar refractivity (Wildman–Crippen MR) is 119 cm³/mol. The lowest BCUT2D eigenvalue weighted by Crippen LogP contribution is -2.13. The largest absolute Gasteiger partial charge is 0.493 e. The number of nitrogens with zero attached hydrogens (tertiary/aromatic N) is 3.